The average molecular weight is 379 g/mol. The van der Waals surface area contributed by atoms with Gasteiger partial charge in [-0.15, -0.1) is 24.0 Å². The van der Waals surface area contributed by atoms with E-state index in [9.17, 15) is 5.11 Å². The molecule has 2 rings (SSSR count). The zero-order valence-corrected chi connectivity index (χ0v) is 13.2. The minimum atomic E-state index is -0.673. The molecule has 0 aromatic heterocycles. The van der Waals surface area contributed by atoms with E-state index in [-0.39, 0.29) is 24.0 Å². The van der Waals surface area contributed by atoms with E-state index >= 15 is 0 Å². The molecule has 1 saturated heterocycles. The molecular formula is C12H18IN3OS. The molecule has 0 aliphatic carbocycles. The molecule has 1 fully saturated rings. The lowest BCUT2D eigenvalue weighted by Crippen LogP contribution is -2.34. The number of nitrogens with one attached hydrogen (secondary N) is 1. The summed E-state index contributed by atoms with van der Waals surface area (Å²) in [6.07, 6.45) is 0.791. The summed E-state index contributed by atoms with van der Waals surface area (Å²) in [6, 6.07) is 9.63. The van der Waals surface area contributed by atoms with Gasteiger partial charge >= 0.3 is 0 Å². The van der Waals surface area contributed by atoms with Crippen molar-refractivity contribution in [2.75, 3.05) is 23.4 Å². The third kappa shape index (κ3) is 4.66. The van der Waals surface area contributed by atoms with Crippen LogP contribution in [0.3, 0.4) is 0 Å². The van der Waals surface area contributed by atoms with Gasteiger partial charge < -0.3 is 16.2 Å². The molecule has 1 aliphatic rings. The van der Waals surface area contributed by atoms with Gasteiger partial charge in [-0.2, -0.15) is 11.8 Å². The SMILES string of the molecule is I.NC(=NCC1(O)CCSC1)Nc1ccccc1. The van der Waals surface area contributed by atoms with Crippen molar-refractivity contribution in [3.63, 3.8) is 0 Å². The number of halogens is 1. The smallest absolute Gasteiger partial charge is 0.193 e. The summed E-state index contributed by atoms with van der Waals surface area (Å²) in [5.74, 6) is 2.09. The van der Waals surface area contributed by atoms with Crippen molar-refractivity contribution < 1.29 is 5.11 Å². The van der Waals surface area contributed by atoms with Crippen molar-refractivity contribution >= 4 is 47.4 Å². The van der Waals surface area contributed by atoms with E-state index in [2.05, 4.69) is 10.3 Å². The number of thioether (sulfide) groups is 1. The topological polar surface area (TPSA) is 70.6 Å². The molecule has 0 saturated carbocycles. The third-order valence-corrected chi connectivity index (χ3v) is 3.91. The number of aliphatic hydroxyl groups is 1. The monoisotopic (exact) mass is 379 g/mol. The molecule has 1 aromatic rings. The number of rotatable bonds is 3. The molecule has 100 valence electrons. The third-order valence-electron chi connectivity index (χ3n) is 2.67. The number of guanidine groups is 1. The second-order valence-electron chi connectivity index (χ2n) is 4.22. The number of aliphatic imine (C=N–C) groups is 1. The summed E-state index contributed by atoms with van der Waals surface area (Å²) >= 11 is 1.76. The van der Waals surface area contributed by atoms with Crippen LogP contribution in [-0.2, 0) is 0 Å². The van der Waals surface area contributed by atoms with Gasteiger partial charge in [-0.05, 0) is 24.3 Å². The fourth-order valence-electron chi connectivity index (χ4n) is 1.66. The molecule has 1 atom stereocenters. The van der Waals surface area contributed by atoms with E-state index in [0.29, 0.717) is 12.5 Å². The molecular weight excluding hydrogens is 361 g/mol. The fraction of sp³-hybridized carbons (Fsp3) is 0.417. The van der Waals surface area contributed by atoms with Crippen molar-refractivity contribution in [2.24, 2.45) is 10.7 Å². The van der Waals surface area contributed by atoms with Crippen LogP contribution in [0.1, 0.15) is 6.42 Å². The molecule has 1 aromatic carbocycles. The minimum Gasteiger partial charge on any atom is -0.387 e. The molecule has 1 heterocycles. The Balaban J connectivity index is 0.00000162. The van der Waals surface area contributed by atoms with Crippen molar-refractivity contribution in [1.82, 2.24) is 0 Å². The van der Waals surface area contributed by atoms with Crippen LogP contribution in [0.2, 0.25) is 0 Å². The predicted molar refractivity (Wildman–Crippen MR) is 88.9 cm³/mol. The summed E-state index contributed by atoms with van der Waals surface area (Å²) < 4.78 is 0. The van der Waals surface area contributed by atoms with Crippen LogP contribution in [0.5, 0.6) is 0 Å². The maximum absolute atomic E-state index is 10.1. The standard InChI is InChI=1S/C12H17N3OS.HI/c13-11(15-10-4-2-1-3-5-10)14-8-12(16)6-7-17-9-12;/h1-5,16H,6-9H2,(H3,13,14,15);1H. The molecule has 1 aliphatic heterocycles. The highest BCUT2D eigenvalue weighted by Gasteiger charge is 2.31. The summed E-state index contributed by atoms with van der Waals surface area (Å²) in [5.41, 5.74) is 5.99. The number of hydrogen-bond donors (Lipinski definition) is 3. The van der Waals surface area contributed by atoms with Crippen LogP contribution in [-0.4, -0.2) is 34.7 Å². The Morgan fingerprint density at radius 2 is 2.17 bits per heavy atom. The number of hydrogen-bond acceptors (Lipinski definition) is 3. The fourth-order valence-corrected chi connectivity index (χ4v) is 2.95. The van der Waals surface area contributed by atoms with Crippen molar-refractivity contribution in [3.05, 3.63) is 30.3 Å². The highest BCUT2D eigenvalue weighted by molar-refractivity contribution is 14.0. The van der Waals surface area contributed by atoms with E-state index in [1.807, 2.05) is 30.3 Å². The predicted octanol–water partition coefficient (Wildman–Crippen LogP) is 1.90. The highest BCUT2D eigenvalue weighted by Crippen LogP contribution is 2.27. The first-order chi connectivity index (χ1) is 8.18. The Kier molecular flexibility index (Phi) is 6.24. The Morgan fingerprint density at radius 3 is 2.78 bits per heavy atom. The average Bonchev–Trinajstić information content (AvgIpc) is 2.76. The van der Waals surface area contributed by atoms with Gasteiger partial charge in [-0.25, -0.2) is 0 Å². The second-order valence-corrected chi connectivity index (χ2v) is 5.32. The van der Waals surface area contributed by atoms with Crippen molar-refractivity contribution in [3.8, 4) is 0 Å². The normalized spacial score (nSPS) is 23.5. The van der Waals surface area contributed by atoms with E-state index in [4.69, 9.17) is 5.73 Å². The Morgan fingerprint density at radius 1 is 1.44 bits per heavy atom. The van der Waals surface area contributed by atoms with E-state index < -0.39 is 5.60 Å². The van der Waals surface area contributed by atoms with Crippen LogP contribution in [0, 0.1) is 0 Å². The number of benzene rings is 1. The van der Waals surface area contributed by atoms with Crippen molar-refractivity contribution in [2.45, 2.75) is 12.0 Å². The van der Waals surface area contributed by atoms with Crippen molar-refractivity contribution in [1.29, 1.82) is 0 Å². The van der Waals surface area contributed by atoms with Gasteiger partial charge in [0.2, 0.25) is 0 Å². The van der Waals surface area contributed by atoms with Crippen LogP contribution in [0.4, 0.5) is 5.69 Å². The molecule has 0 amide bonds. The minimum absolute atomic E-state index is 0. The molecule has 0 spiro atoms. The molecule has 6 heteroatoms. The van der Waals surface area contributed by atoms with Crippen LogP contribution in [0.15, 0.2) is 35.3 Å². The zero-order chi connectivity index (χ0) is 12.1. The largest absolute Gasteiger partial charge is 0.387 e. The quantitative estimate of drug-likeness (QED) is 0.426. The molecule has 4 N–H and O–H groups in total. The Hall–Kier alpha value is -0.470. The number of nitrogens with two attached hydrogens (primary N) is 1. The molecule has 18 heavy (non-hydrogen) atoms. The first-order valence-corrected chi connectivity index (χ1v) is 6.76. The second kappa shape index (κ2) is 7.20. The lowest BCUT2D eigenvalue weighted by molar-refractivity contribution is 0.0780. The van der Waals surface area contributed by atoms with E-state index in [1.165, 1.54) is 0 Å². The Labute approximate surface area is 128 Å². The first-order valence-electron chi connectivity index (χ1n) is 5.60. The molecule has 0 bridgehead atoms. The number of nitrogens with zero attached hydrogens (tertiary/aromatic N) is 1. The summed E-state index contributed by atoms with van der Waals surface area (Å²) in [5, 5.41) is 13.1. The number of anilines is 1. The lowest BCUT2D eigenvalue weighted by atomic mass is 10.1. The molecule has 1 unspecified atom stereocenters. The molecule has 4 nitrogen and oxygen atoms in total. The van der Waals surface area contributed by atoms with Crippen LogP contribution in [0.25, 0.3) is 0 Å². The van der Waals surface area contributed by atoms with Gasteiger partial charge in [-0.3, -0.25) is 4.99 Å². The van der Waals surface area contributed by atoms with Crippen LogP contribution < -0.4 is 11.1 Å². The van der Waals surface area contributed by atoms with Gasteiger partial charge in [0, 0.05) is 11.4 Å². The van der Waals surface area contributed by atoms with E-state index in [1.54, 1.807) is 11.8 Å². The van der Waals surface area contributed by atoms with E-state index in [0.717, 1.165) is 23.6 Å². The summed E-state index contributed by atoms with van der Waals surface area (Å²) in [6.45, 7) is 0.367. The van der Waals surface area contributed by atoms with Gasteiger partial charge in [0.25, 0.3) is 0 Å². The maximum Gasteiger partial charge on any atom is 0.193 e. The van der Waals surface area contributed by atoms with Gasteiger partial charge in [0.15, 0.2) is 5.96 Å². The van der Waals surface area contributed by atoms with Gasteiger partial charge in [-0.1, -0.05) is 18.2 Å². The zero-order valence-electron chi connectivity index (χ0n) is 10.0. The summed E-state index contributed by atoms with van der Waals surface area (Å²) in [4.78, 5) is 4.19. The van der Waals surface area contributed by atoms with Gasteiger partial charge in [0.05, 0.1) is 12.1 Å². The highest BCUT2D eigenvalue weighted by atomic mass is 127. The van der Waals surface area contributed by atoms with Gasteiger partial charge in [0.1, 0.15) is 0 Å². The molecule has 0 radical (unpaired) electrons. The van der Waals surface area contributed by atoms with Crippen LogP contribution >= 0.6 is 35.7 Å². The number of para-hydroxylation sites is 1. The first kappa shape index (κ1) is 15.6. The lowest BCUT2D eigenvalue weighted by Gasteiger charge is -2.18. The maximum atomic E-state index is 10.1. The Bertz CT molecular complexity index is 394. The summed E-state index contributed by atoms with van der Waals surface area (Å²) in [7, 11) is 0.